The summed E-state index contributed by atoms with van der Waals surface area (Å²) in [5, 5.41) is 5.54. The zero-order valence-electron chi connectivity index (χ0n) is 18.5. The number of alkyl carbamates (subject to hydrolysis) is 1. The normalized spacial score (nSPS) is 11.5. The maximum Gasteiger partial charge on any atom is 0.407 e. The molecule has 0 fully saturated rings. The second-order valence-corrected chi connectivity index (χ2v) is 10.2. The van der Waals surface area contributed by atoms with E-state index in [4.69, 9.17) is 16.3 Å². The molecule has 0 spiro atoms. The second kappa shape index (κ2) is 10.7. The van der Waals surface area contributed by atoms with Crippen LogP contribution in [0.15, 0.2) is 47.4 Å². The van der Waals surface area contributed by atoms with Crippen molar-refractivity contribution < 1.29 is 22.7 Å². The zero-order chi connectivity index (χ0) is 23.9. The van der Waals surface area contributed by atoms with Crippen LogP contribution in [0.3, 0.4) is 0 Å². The molecule has 0 saturated carbocycles. The average molecular weight is 482 g/mol. The van der Waals surface area contributed by atoms with E-state index in [0.29, 0.717) is 17.7 Å². The van der Waals surface area contributed by atoms with Crippen molar-refractivity contribution in [3.8, 4) is 0 Å². The SMILES string of the molecule is Cc1ccc(NC(=O)CCCNC(=O)OC(C)(C)C)cc1S(=O)(=O)Nc1ccccc1Cl. The van der Waals surface area contributed by atoms with E-state index in [1.165, 1.54) is 6.07 Å². The quantitative estimate of drug-likeness (QED) is 0.473. The van der Waals surface area contributed by atoms with E-state index in [0.717, 1.165) is 0 Å². The number of carbonyl (C=O) groups excluding carboxylic acids is 2. The minimum atomic E-state index is -3.92. The standard InChI is InChI=1S/C22H28ClN3O5S/c1-15-11-12-16(25-20(27)10-7-13-24-21(28)31-22(2,3)4)14-19(15)32(29,30)26-18-9-6-5-8-17(18)23/h5-6,8-9,11-12,14,26H,7,10,13H2,1-4H3,(H,24,28)(H,25,27). The number of anilines is 2. The number of halogens is 1. The first-order chi connectivity index (χ1) is 14.9. The minimum absolute atomic E-state index is 0.0295. The number of aryl methyl sites for hydroxylation is 1. The van der Waals surface area contributed by atoms with Crippen LogP contribution in [0, 0.1) is 6.92 Å². The van der Waals surface area contributed by atoms with Gasteiger partial charge in [-0.05, 0) is 63.9 Å². The summed E-state index contributed by atoms with van der Waals surface area (Å²) in [6.45, 7) is 7.23. The molecular weight excluding hydrogens is 454 g/mol. The molecule has 0 saturated heterocycles. The number of rotatable bonds is 8. The Morgan fingerprint density at radius 3 is 2.44 bits per heavy atom. The third kappa shape index (κ3) is 8.05. The van der Waals surface area contributed by atoms with Gasteiger partial charge in [0.2, 0.25) is 5.91 Å². The monoisotopic (exact) mass is 481 g/mol. The molecule has 174 valence electrons. The molecule has 2 rings (SSSR count). The molecule has 0 unspecified atom stereocenters. The summed E-state index contributed by atoms with van der Waals surface area (Å²) < 4.78 is 33.3. The van der Waals surface area contributed by atoms with Crippen LogP contribution in [0.2, 0.25) is 5.02 Å². The van der Waals surface area contributed by atoms with E-state index >= 15 is 0 Å². The predicted octanol–water partition coefficient (Wildman–Crippen LogP) is 4.69. The van der Waals surface area contributed by atoms with Crippen LogP contribution in [-0.4, -0.2) is 32.6 Å². The first-order valence-corrected chi connectivity index (χ1v) is 11.9. The van der Waals surface area contributed by atoms with Crippen LogP contribution in [0.4, 0.5) is 16.2 Å². The first-order valence-electron chi connectivity index (χ1n) is 10.0. The Balaban J connectivity index is 1.96. The Labute approximate surface area is 193 Å². The Bertz CT molecular complexity index is 1080. The van der Waals surface area contributed by atoms with Crippen molar-refractivity contribution in [3.05, 3.63) is 53.1 Å². The number of sulfonamides is 1. The summed E-state index contributed by atoms with van der Waals surface area (Å²) in [4.78, 5) is 23.9. The van der Waals surface area contributed by atoms with E-state index in [-0.39, 0.29) is 34.5 Å². The number of benzene rings is 2. The van der Waals surface area contributed by atoms with Gasteiger partial charge in [-0.2, -0.15) is 0 Å². The van der Waals surface area contributed by atoms with Gasteiger partial charge in [0.25, 0.3) is 10.0 Å². The van der Waals surface area contributed by atoms with E-state index in [1.807, 2.05) is 0 Å². The highest BCUT2D eigenvalue weighted by atomic mass is 35.5. The van der Waals surface area contributed by atoms with Crippen LogP contribution in [0.25, 0.3) is 0 Å². The van der Waals surface area contributed by atoms with Crippen molar-refractivity contribution in [1.29, 1.82) is 0 Å². The van der Waals surface area contributed by atoms with Crippen LogP contribution in [0.5, 0.6) is 0 Å². The van der Waals surface area contributed by atoms with Crippen LogP contribution < -0.4 is 15.4 Å². The number of hydrogen-bond acceptors (Lipinski definition) is 5. The van der Waals surface area contributed by atoms with Crippen molar-refractivity contribution in [3.63, 3.8) is 0 Å². The van der Waals surface area contributed by atoms with Gasteiger partial charge in [0, 0.05) is 18.7 Å². The number of carbonyl (C=O) groups is 2. The summed E-state index contributed by atoms with van der Waals surface area (Å²) in [5.74, 6) is -0.303. The fraction of sp³-hybridized carbons (Fsp3) is 0.364. The van der Waals surface area contributed by atoms with Gasteiger partial charge in [0.05, 0.1) is 15.6 Å². The topological polar surface area (TPSA) is 114 Å². The van der Waals surface area contributed by atoms with Gasteiger partial charge in [0.1, 0.15) is 5.60 Å². The number of ether oxygens (including phenoxy) is 1. The molecule has 8 nitrogen and oxygen atoms in total. The van der Waals surface area contributed by atoms with E-state index < -0.39 is 21.7 Å². The van der Waals surface area contributed by atoms with E-state index in [2.05, 4.69) is 15.4 Å². The molecular formula is C22H28ClN3O5S. The zero-order valence-corrected chi connectivity index (χ0v) is 20.1. The average Bonchev–Trinajstić information content (AvgIpc) is 2.67. The van der Waals surface area contributed by atoms with Gasteiger partial charge in [0.15, 0.2) is 0 Å². The summed E-state index contributed by atoms with van der Waals surface area (Å²) in [7, 11) is -3.92. The lowest BCUT2D eigenvalue weighted by Gasteiger charge is -2.19. The third-order valence-corrected chi connectivity index (χ3v) is 5.97. The highest BCUT2D eigenvalue weighted by Gasteiger charge is 2.19. The van der Waals surface area contributed by atoms with E-state index in [1.54, 1.807) is 64.1 Å². The lowest BCUT2D eigenvalue weighted by atomic mass is 10.2. The Morgan fingerprint density at radius 1 is 1.09 bits per heavy atom. The molecule has 0 heterocycles. The van der Waals surface area contributed by atoms with Gasteiger partial charge in [-0.15, -0.1) is 0 Å². The second-order valence-electron chi connectivity index (χ2n) is 8.15. The summed E-state index contributed by atoms with van der Waals surface area (Å²) in [5.41, 5.74) is 0.538. The number of hydrogen-bond donors (Lipinski definition) is 3. The Morgan fingerprint density at radius 2 is 1.78 bits per heavy atom. The summed E-state index contributed by atoms with van der Waals surface area (Å²) >= 11 is 6.05. The van der Waals surface area contributed by atoms with Crippen molar-refractivity contribution in [2.75, 3.05) is 16.6 Å². The molecule has 2 aromatic carbocycles. The molecule has 0 radical (unpaired) electrons. The lowest BCUT2D eigenvalue weighted by molar-refractivity contribution is -0.116. The maximum absolute atomic E-state index is 12.9. The number of para-hydroxylation sites is 1. The van der Waals surface area contributed by atoms with Crippen LogP contribution in [0.1, 0.15) is 39.2 Å². The summed E-state index contributed by atoms with van der Waals surface area (Å²) in [6.07, 6.45) is -0.00270. The first kappa shape index (κ1) is 25.5. The minimum Gasteiger partial charge on any atom is -0.444 e. The highest BCUT2D eigenvalue weighted by Crippen LogP contribution is 2.27. The molecule has 0 aliphatic rings. The van der Waals surface area contributed by atoms with Crippen LogP contribution >= 0.6 is 11.6 Å². The van der Waals surface area contributed by atoms with Crippen molar-refractivity contribution in [2.24, 2.45) is 0 Å². The van der Waals surface area contributed by atoms with Crippen molar-refractivity contribution in [2.45, 2.75) is 51.0 Å². The largest absolute Gasteiger partial charge is 0.444 e. The third-order valence-electron chi connectivity index (χ3n) is 4.13. The molecule has 0 bridgehead atoms. The van der Waals surface area contributed by atoms with Crippen molar-refractivity contribution in [1.82, 2.24) is 5.32 Å². The van der Waals surface area contributed by atoms with E-state index in [9.17, 15) is 18.0 Å². The van der Waals surface area contributed by atoms with Gasteiger partial charge in [-0.1, -0.05) is 29.8 Å². The molecule has 0 atom stereocenters. The number of nitrogens with one attached hydrogen (secondary N) is 3. The molecule has 0 aliphatic carbocycles. The lowest BCUT2D eigenvalue weighted by Crippen LogP contribution is -2.33. The van der Waals surface area contributed by atoms with Gasteiger partial charge >= 0.3 is 6.09 Å². The smallest absolute Gasteiger partial charge is 0.407 e. The summed E-state index contributed by atoms with van der Waals surface area (Å²) in [6, 6.07) is 11.1. The van der Waals surface area contributed by atoms with Crippen LogP contribution in [-0.2, 0) is 19.6 Å². The van der Waals surface area contributed by atoms with Crippen molar-refractivity contribution >= 4 is 45.0 Å². The van der Waals surface area contributed by atoms with Gasteiger partial charge in [-0.25, -0.2) is 13.2 Å². The molecule has 0 aliphatic heterocycles. The van der Waals surface area contributed by atoms with Gasteiger partial charge < -0.3 is 15.4 Å². The fourth-order valence-corrected chi connectivity index (χ4v) is 4.28. The Hall–Kier alpha value is -2.78. The molecule has 0 aromatic heterocycles. The number of amides is 2. The molecule has 32 heavy (non-hydrogen) atoms. The highest BCUT2D eigenvalue weighted by molar-refractivity contribution is 7.92. The Kier molecular flexibility index (Phi) is 8.51. The molecule has 2 aromatic rings. The molecule has 3 N–H and O–H groups in total. The molecule has 10 heteroatoms. The molecule has 2 amide bonds. The maximum atomic E-state index is 12.9. The fourth-order valence-electron chi connectivity index (χ4n) is 2.69. The predicted molar refractivity (Wildman–Crippen MR) is 126 cm³/mol. The van der Waals surface area contributed by atoms with Gasteiger partial charge in [-0.3, -0.25) is 9.52 Å².